The molecule has 0 saturated carbocycles. The molecule has 0 unspecified atom stereocenters. The molecule has 1 aromatic carbocycles. The number of Topliss-reactive ketones (excluding diaryl/α,β-unsaturated/α-hetero) is 1. The minimum Gasteiger partial charge on any atom is -0.493 e. The molecule has 0 heterocycles. The van der Waals surface area contributed by atoms with Gasteiger partial charge in [-0.2, -0.15) is 0 Å². The molecule has 0 aliphatic heterocycles. The summed E-state index contributed by atoms with van der Waals surface area (Å²) in [6.07, 6.45) is 0. The molecule has 82 valence electrons. The molecule has 0 amide bonds. The fraction of sp³-hybridized carbons (Fsp3) is 0.300. The summed E-state index contributed by atoms with van der Waals surface area (Å²) < 4.78 is 23.2. The van der Waals surface area contributed by atoms with Crippen LogP contribution in [0.2, 0.25) is 0 Å². The van der Waals surface area contributed by atoms with Gasteiger partial charge < -0.3 is 9.47 Å². The van der Waals surface area contributed by atoms with E-state index in [1.165, 1.54) is 20.3 Å². The molecule has 0 radical (unpaired) electrons. The van der Waals surface area contributed by atoms with Crippen molar-refractivity contribution < 1.29 is 18.7 Å². The van der Waals surface area contributed by atoms with E-state index in [4.69, 9.17) is 21.1 Å². The number of methoxy groups -OCH3 is 2. The van der Waals surface area contributed by atoms with Crippen molar-refractivity contribution in [3.8, 4) is 11.5 Å². The van der Waals surface area contributed by atoms with E-state index >= 15 is 0 Å². The van der Waals surface area contributed by atoms with Crippen molar-refractivity contribution in [3.63, 3.8) is 0 Å². The van der Waals surface area contributed by atoms with Crippen molar-refractivity contribution in [2.75, 3.05) is 20.1 Å². The average molecular weight is 233 g/mol. The highest BCUT2D eigenvalue weighted by molar-refractivity contribution is 6.30. The highest BCUT2D eigenvalue weighted by Gasteiger charge is 2.15. The van der Waals surface area contributed by atoms with E-state index in [2.05, 4.69) is 0 Å². The molecule has 0 N–H and O–H groups in total. The Morgan fingerprint density at radius 1 is 1.33 bits per heavy atom. The molecular weight excluding hydrogens is 223 g/mol. The van der Waals surface area contributed by atoms with Gasteiger partial charge in [0.25, 0.3) is 0 Å². The summed E-state index contributed by atoms with van der Waals surface area (Å²) in [6, 6.07) is 2.37. The van der Waals surface area contributed by atoms with E-state index < -0.39 is 11.6 Å². The molecule has 0 aliphatic carbocycles. The van der Waals surface area contributed by atoms with Gasteiger partial charge in [-0.3, -0.25) is 4.79 Å². The molecule has 15 heavy (non-hydrogen) atoms. The number of benzene rings is 1. The fourth-order valence-corrected chi connectivity index (χ4v) is 1.28. The van der Waals surface area contributed by atoms with Crippen LogP contribution in [-0.2, 0) is 0 Å². The summed E-state index contributed by atoms with van der Waals surface area (Å²) in [5, 5.41) is 0. The molecule has 1 rings (SSSR count). The zero-order valence-electron chi connectivity index (χ0n) is 8.34. The van der Waals surface area contributed by atoms with Crippen molar-refractivity contribution in [2.45, 2.75) is 0 Å². The molecule has 0 atom stereocenters. The Bertz CT molecular complexity index is 379. The van der Waals surface area contributed by atoms with Gasteiger partial charge >= 0.3 is 0 Å². The second-order valence-corrected chi connectivity index (χ2v) is 3.01. The van der Waals surface area contributed by atoms with Crippen molar-refractivity contribution in [2.24, 2.45) is 0 Å². The third kappa shape index (κ3) is 2.39. The van der Waals surface area contributed by atoms with Crippen LogP contribution in [-0.4, -0.2) is 25.9 Å². The van der Waals surface area contributed by atoms with Crippen LogP contribution in [0.5, 0.6) is 11.5 Å². The Balaban J connectivity index is 3.25. The van der Waals surface area contributed by atoms with Crippen LogP contribution in [0.1, 0.15) is 10.4 Å². The largest absolute Gasteiger partial charge is 0.493 e. The first kappa shape index (κ1) is 11.8. The number of ketones is 1. The van der Waals surface area contributed by atoms with Gasteiger partial charge in [-0.1, -0.05) is 0 Å². The van der Waals surface area contributed by atoms with Crippen LogP contribution in [0.3, 0.4) is 0 Å². The average Bonchev–Trinajstić information content (AvgIpc) is 2.27. The predicted octanol–water partition coefficient (Wildman–Crippen LogP) is 2.26. The first-order valence-electron chi connectivity index (χ1n) is 4.14. The topological polar surface area (TPSA) is 35.5 Å². The lowest BCUT2D eigenvalue weighted by molar-refractivity contribution is 0.101. The summed E-state index contributed by atoms with van der Waals surface area (Å²) in [4.78, 5) is 11.2. The molecular formula is C10H10ClFO3. The number of carbonyl (C=O) groups excluding carboxylic acids is 1. The van der Waals surface area contributed by atoms with Gasteiger partial charge in [-0.25, -0.2) is 4.39 Å². The van der Waals surface area contributed by atoms with Crippen LogP contribution in [0.4, 0.5) is 4.39 Å². The van der Waals surface area contributed by atoms with E-state index in [0.717, 1.165) is 6.07 Å². The Hall–Kier alpha value is -1.29. The SMILES string of the molecule is COc1cc(F)c(C(=O)CCl)cc1OC. The van der Waals surface area contributed by atoms with Crippen molar-refractivity contribution in [3.05, 3.63) is 23.5 Å². The molecule has 0 spiro atoms. The van der Waals surface area contributed by atoms with Gasteiger partial charge in [0.1, 0.15) is 5.82 Å². The lowest BCUT2D eigenvalue weighted by Gasteiger charge is -2.09. The minimum absolute atomic E-state index is 0.0948. The Morgan fingerprint density at radius 3 is 2.33 bits per heavy atom. The zero-order chi connectivity index (χ0) is 11.4. The number of alkyl halides is 1. The Kier molecular flexibility index (Phi) is 3.91. The molecule has 0 fully saturated rings. The quantitative estimate of drug-likeness (QED) is 0.590. The highest BCUT2D eigenvalue weighted by atomic mass is 35.5. The van der Waals surface area contributed by atoms with Crippen molar-refractivity contribution in [1.29, 1.82) is 0 Å². The first-order chi connectivity index (χ1) is 7.13. The van der Waals surface area contributed by atoms with Gasteiger partial charge in [0.2, 0.25) is 0 Å². The number of hydrogen-bond acceptors (Lipinski definition) is 3. The van der Waals surface area contributed by atoms with Gasteiger partial charge in [0, 0.05) is 6.07 Å². The minimum atomic E-state index is -0.668. The molecule has 5 heteroatoms. The standard InChI is InChI=1S/C10H10ClFO3/c1-14-9-3-6(8(13)5-11)7(12)4-10(9)15-2/h3-4H,5H2,1-2H3. The lowest BCUT2D eigenvalue weighted by atomic mass is 10.1. The summed E-state index contributed by atoms with van der Waals surface area (Å²) in [5.41, 5.74) is -0.0948. The summed E-state index contributed by atoms with van der Waals surface area (Å²) >= 11 is 5.34. The van der Waals surface area contributed by atoms with E-state index in [9.17, 15) is 9.18 Å². The Labute approximate surface area is 91.7 Å². The maximum absolute atomic E-state index is 13.4. The number of ether oxygens (including phenoxy) is 2. The number of halogens is 2. The van der Waals surface area contributed by atoms with Crippen molar-refractivity contribution in [1.82, 2.24) is 0 Å². The van der Waals surface area contributed by atoms with Gasteiger partial charge in [0.05, 0.1) is 25.7 Å². The molecule has 0 aliphatic rings. The number of rotatable bonds is 4. The van der Waals surface area contributed by atoms with Crippen LogP contribution >= 0.6 is 11.6 Å². The molecule has 0 saturated heterocycles. The lowest BCUT2D eigenvalue weighted by Crippen LogP contribution is -2.05. The molecule has 3 nitrogen and oxygen atoms in total. The van der Waals surface area contributed by atoms with Crippen LogP contribution in [0, 0.1) is 5.82 Å². The van der Waals surface area contributed by atoms with E-state index in [-0.39, 0.29) is 17.2 Å². The Morgan fingerprint density at radius 2 is 1.87 bits per heavy atom. The van der Waals surface area contributed by atoms with Crippen LogP contribution < -0.4 is 9.47 Å². The first-order valence-corrected chi connectivity index (χ1v) is 4.68. The maximum atomic E-state index is 13.4. The van der Waals surface area contributed by atoms with Crippen LogP contribution in [0.25, 0.3) is 0 Å². The van der Waals surface area contributed by atoms with Gasteiger partial charge in [-0.05, 0) is 6.07 Å². The van der Waals surface area contributed by atoms with E-state index in [0.29, 0.717) is 5.75 Å². The molecule has 1 aromatic rings. The highest BCUT2D eigenvalue weighted by Crippen LogP contribution is 2.30. The third-order valence-corrected chi connectivity index (χ3v) is 2.14. The number of hydrogen-bond donors (Lipinski definition) is 0. The number of carbonyl (C=O) groups is 1. The summed E-state index contributed by atoms with van der Waals surface area (Å²) in [5.74, 6) is -0.895. The normalized spacial score (nSPS) is 9.87. The molecule has 0 bridgehead atoms. The second kappa shape index (κ2) is 4.98. The van der Waals surface area contributed by atoms with Gasteiger partial charge in [-0.15, -0.1) is 11.6 Å². The summed E-state index contributed by atoms with van der Waals surface area (Å²) in [6.45, 7) is 0. The molecule has 0 aromatic heterocycles. The smallest absolute Gasteiger partial charge is 0.180 e. The van der Waals surface area contributed by atoms with Crippen molar-refractivity contribution >= 4 is 17.4 Å². The van der Waals surface area contributed by atoms with Gasteiger partial charge in [0.15, 0.2) is 17.3 Å². The predicted molar refractivity (Wildman–Crippen MR) is 54.6 cm³/mol. The monoisotopic (exact) mass is 232 g/mol. The van der Waals surface area contributed by atoms with E-state index in [1.807, 2.05) is 0 Å². The fourth-order valence-electron chi connectivity index (χ4n) is 1.14. The zero-order valence-corrected chi connectivity index (χ0v) is 9.10. The summed E-state index contributed by atoms with van der Waals surface area (Å²) in [7, 11) is 2.80. The van der Waals surface area contributed by atoms with Crippen LogP contribution in [0.15, 0.2) is 12.1 Å². The van der Waals surface area contributed by atoms with E-state index in [1.54, 1.807) is 0 Å². The second-order valence-electron chi connectivity index (χ2n) is 2.74. The third-order valence-electron chi connectivity index (χ3n) is 1.90. The maximum Gasteiger partial charge on any atom is 0.180 e.